The van der Waals surface area contributed by atoms with E-state index in [9.17, 15) is 0 Å². The molecule has 1 aliphatic heterocycles. The number of guanidine groups is 1. The van der Waals surface area contributed by atoms with Crippen LogP contribution in [-0.4, -0.2) is 35.5 Å². The number of aryl methyl sites for hydroxylation is 1. The number of aliphatic imine (C=N–C) groups is 1. The summed E-state index contributed by atoms with van der Waals surface area (Å²) < 4.78 is 13.2. The molecule has 27 heavy (non-hydrogen) atoms. The van der Waals surface area contributed by atoms with E-state index in [1.165, 1.54) is 0 Å². The number of hydrogen-bond donors (Lipinski definition) is 2. The van der Waals surface area contributed by atoms with Gasteiger partial charge >= 0.3 is 0 Å². The van der Waals surface area contributed by atoms with Crippen molar-refractivity contribution < 1.29 is 9.47 Å². The van der Waals surface area contributed by atoms with Crippen molar-refractivity contribution in [3.8, 4) is 11.5 Å². The smallest absolute Gasteiger partial charge is 0.193 e. The zero-order chi connectivity index (χ0) is 18.6. The summed E-state index contributed by atoms with van der Waals surface area (Å²) in [6.07, 6.45) is 1.61. The monoisotopic (exact) mass is 365 g/mol. The zero-order valence-corrected chi connectivity index (χ0v) is 15.3. The van der Waals surface area contributed by atoms with Gasteiger partial charge in [0.2, 0.25) is 0 Å². The molecule has 0 fully saturated rings. The average molecular weight is 365 g/mol. The number of para-hydroxylation sites is 1. The lowest BCUT2D eigenvalue weighted by molar-refractivity contribution is 0.297. The molecule has 2 heterocycles. The fourth-order valence-corrected chi connectivity index (χ4v) is 3.18. The van der Waals surface area contributed by atoms with Crippen LogP contribution in [0.5, 0.6) is 11.5 Å². The molecule has 1 aromatic heterocycles. The van der Waals surface area contributed by atoms with Gasteiger partial charge in [0.1, 0.15) is 0 Å². The van der Waals surface area contributed by atoms with Crippen LogP contribution in [-0.2, 0) is 13.5 Å². The fraction of sp³-hybridized carbons (Fsp3) is 0.300. The number of ether oxygens (including phenoxy) is 2. The highest BCUT2D eigenvalue weighted by Gasteiger charge is 2.11. The van der Waals surface area contributed by atoms with Crippen LogP contribution in [0.15, 0.2) is 47.5 Å². The quantitative estimate of drug-likeness (QED) is 0.548. The van der Waals surface area contributed by atoms with Gasteiger partial charge in [-0.05, 0) is 18.2 Å². The Kier molecular flexibility index (Phi) is 4.82. The summed E-state index contributed by atoms with van der Waals surface area (Å²) in [6, 6.07) is 13.9. The van der Waals surface area contributed by atoms with Crippen LogP contribution in [0.1, 0.15) is 12.1 Å². The summed E-state index contributed by atoms with van der Waals surface area (Å²) in [5.41, 5.74) is 9.01. The SMILES string of the molecule is Cn1nc(CCN=C(N)Nc2ccc3c(c2)OCCCO3)c2ccccc21. The Labute approximate surface area is 157 Å². The summed E-state index contributed by atoms with van der Waals surface area (Å²) in [6.45, 7) is 1.88. The predicted molar refractivity (Wildman–Crippen MR) is 107 cm³/mol. The van der Waals surface area contributed by atoms with Gasteiger partial charge in [0, 0.05) is 43.6 Å². The van der Waals surface area contributed by atoms with Crippen molar-refractivity contribution in [1.82, 2.24) is 9.78 Å². The standard InChI is InChI=1S/C20H23N5O2/c1-25-17-6-3-2-5-15(17)16(24-25)9-10-22-20(21)23-14-7-8-18-19(13-14)27-12-4-11-26-18/h2-3,5-8,13H,4,9-12H2,1H3,(H3,21,22,23). The van der Waals surface area contributed by atoms with E-state index >= 15 is 0 Å². The number of fused-ring (bicyclic) bond motifs is 2. The Bertz CT molecular complexity index is 980. The summed E-state index contributed by atoms with van der Waals surface area (Å²) >= 11 is 0. The maximum atomic E-state index is 6.04. The van der Waals surface area contributed by atoms with Crippen LogP contribution in [0, 0.1) is 0 Å². The summed E-state index contributed by atoms with van der Waals surface area (Å²) in [5, 5.41) is 8.85. The number of hydrogen-bond acceptors (Lipinski definition) is 4. The van der Waals surface area contributed by atoms with E-state index in [1.807, 2.05) is 42.1 Å². The minimum atomic E-state index is 0.365. The van der Waals surface area contributed by atoms with Gasteiger partial charge in [0.25, 0.3) is 0 Å². The highest BCUT2D eigenvalue weighted by molar-refractivity contribution is 5.92. The number of rotatable bonds is 4. The molecule has 7 nitrogen and oxygen atoms in total. The molecule has 2 aromatic carbocycles. The molecule has 4 rings (SSSR count). The first-order valence-corrected chi connectivity index (χ1v) is 9.08. The highest BCUT2D eigenvalue weighted by Crippen LogP contribution is 2.32. The first kappa shape index (κ1) is 17.2. The molecule has 0 amide bonds. The molecule has 0 bridgehead atoms. The summed E-state index contributed by atoms with van der Waals surface area (Å²) in [4.78, 5) is 4.42. The minimum absolute atomic E-state index is 0.365. The van der Waals surface area contributed by atoms with Crippen molar-refractivity contribution in [1.29, 1.82) is 0 Å². The molecule has 0 saturated heterocycles. The second kappa shape index (κ2) is 7.57. The van der Waals surface area contributed by atoms with Gasteiger partial charge in [-0.15, -0.1) is 0 Å². The molecule has 3 N–H and O–H groups in total. The largest absolute Gasteiger partial charge is 0.490 e. The van der Waals surface area contributed by atoms with E-state index in [0.29, 0.717) is 25.7 Å². The van der Waals surface area contributed by atoms with Crippen molar-refractivity contribution in [2.75, 3.05) is 25.1 Å². The second-order valence-corrected chi connectivity index (χ2v) is 6.44. The third kappa shape index (κ3) is 3.81. The topological polar surface area (TPSA) is 86.7 Å². The van der Waals surface area contributed by atoms with Crippen LogP contribution >= 0.6 is 0 Å². The fourth-order valence-electron chi connectivity index (χ4n) is 3.18. The third-order valence-electron chi connectivity index (χ3n) is 4.48. The van der Waals surface area contributed by atoms with E-state index in [-0.39, 0.29) is 0 Å². The van der Waals surface area contributed by atoms with Gasteiger partial charge < -0.3 is 20.5 Å². The maximum absolute atomic E-state index is 6.04. The molecule has 0 radical (unpaired) electrons. The van der Waals surface area contributed by atoms with Gasteiger partial charge in [-0.1, -0.05) is 18.2 Å². The van der Waals surface area contributed by atoms with Crippen LogP contribution < -0.4 is 20.5 Å². The number of nitrogens with zero attached hydrogens (tertiary/aromatic N) is 3. The number of nitrogens with one attached hydrogen (secondary N) is 1. The Morgan fingerprint density at radius 1 is 1.19 bits per heavy atom. The van der Waals surface area contributed by atoms with Crippen LogP contribution in [0.25, 0.3) is 10.9 Å². The van der Waals surface area contributed by atoms with Crippen LogP contribution in [0.2, 0.25) is 0 Å². The van der Waals surface area contributed by atoms with Crippen molar-refractivity contribution >= 4 is 22.5 Å². The molecule has 3 aromatic rings. The Morgan fingerprint density at radius 3 is 2.89 bits per heavy atom. The molecule has 0 spiro atoms. The second-order valence-electron chi connectivity index (χ2n) is 6.44. The van der Waals surface area contributed by atoms with Crippen molar-refractivity contribution in [2.24, 2.45) is 17.8 Å². The van der Waals surface area contributed by atoms with E-state index < -0.39 is 0 Å². The predicted octanol–water partition coefficient (Wildman–Crippen LogP) is 2.70. The Morgan fingerprint density at radius 2 is 2.00 bits per heavy atom. The highest BCUT2D eigenvalue weighted by atomic mass is 16.5. The molecular weight excluding hydrogens is 342 g/mol. The molecular formula is C20H23N5O2. The molecule has 0 aliphatic carbocycles. The van der Waals surface area contributed by atoms with Crippen LogP contribution in [0.3, 0.4) is 0 Å². The number of benzene rings is 2. The molecule has 0 saturated carbocycles. The minimum Gasteiger partial charge on any atom is -0.490 e. The molecule has 0 unspecified atom stereocenters. The van der Waals surface area contributed by atoms with Gasteiger partial charge in [-0.2, -0.15) is 5.10 Å². The van der Waals surface area contributed by atoms with E-state index in [2.05, 4.69) is 27.5 Å². The third-order valence-corrected chi connectivity index (χ3v) is 4.48. The van der Waals surface area contributed by atoms with E-state index in [4.69, 9.17) is 15.2 Å². The number of nitrogens with two attached hydrogens (primary N) is 1. The lowest BCUT2D eigenvalue weighted by atomic mass is 10.2. The lowest BCUT2D eigenvalue weighted by Crippen LogP contribution is -2.23. The molecule has 140 valence electrons. The summed E-state index contributed by atoms with van der Waals surface area (Å²) in [5.74, 6) is 1.85. The molecule has 7 heteroatoms. The van der Waals surface area contributed by atoms with Gasteiger partial charge in [0.05, 0.1) is 24.4 Å². The number of aromatic nitrogens is 2. The van der Waals surface area contributed by atoms with Crippen molar-refractivity contribution in [2.45, 2.75) is 12.8 Å². The zero-order valence-electron chi connectivity index (χ0n) is 15.3. The number of anilines is 1. The molecule has 1 aliphatic rings. The lowest BCUT2D eigenvalue weighted by Gasteiger charge is -2.10. The van der Waals surface area contributed by atoms with Crippen LogP contribution in [0.4, 0.5) is 5.69 Å². The molecule has 0 atom stereocenters. The Balaban J connectivity index is 1.40. The van der Waals surface area contributed by atoms with E-state index in [1.54, 1.807) is 0 Å². The average Bonchev–Trinajstić information content (AvgIpc) is 2.84. The first-order chi connectivity index (χ1) is 13.2. The maximum Gasteiger partial charge on any atom is 0.193 e. The van der Waals surface area contributed by atoms with Gasteiger partial charge in [0.15, 0.2) is 17.5 Å². The Hall–Kier alpha value is -3.22. The van der Waals surface area contributed by atoms with Crippen molar-refractivity contribution in [3.05, 3.63) is 48.2 Å². The van der Waals surface area contributed by atoms with Crippen molar-refractivity contribution in [3.63, 3.8) is 0 Å². The van der Waals surface area contributed by atoms with E-state index in [0.717, 1.165) is 46.6 Å². The van der Waals surface area contributed by atoms with Gasteiger partial charge in [-0.3, -0.25) is 9.67 Å². The normalized spacial score (nSPS) is 14.2. The van der Waals surface area contributed by atoms with Gasteiger partial charge in [-0.25, -0.2) is 0 Å². The summed E-state index contributed by atoms with van der Waals surface area (Å²) in [7, 11) is 1.95. The first-order valence-electron chi connectivity index (χ1n) is 9.08.